The van der Waals surface area contributed by atoms with Crippen LogP contribution in [0.5, 0.6) is 0 Å². The largest absolute Gasteiger partial charge is 0.416 e. The van der Waals surface area contributed by atoms with Crippen molar-refractivity contribution in [3.8, 4) is 11.3 Å². The Morgan fingerprint density at radius 1 is 1.00 bits per heavy atom. The normalized spacial score (nSPS) is 11.3. The predicted molar refractivity (Wildman–Crippen MR) is 145 cm³/mol. The number of halogens is 3. The topological polar surface area (TPSA) is 97.6 Å². The van der Waals surface area contributed by atoms with Gasteiger partial charge in [-0.2, -0.15) is 13.2 Å². The van der Waals surface area contributed by atoms with E-state index in [1.165, 1.54) is 18.5 Å². The van der Waals surface area contributed by atoms with Crippen LogP contribution in [-0.4, -0.2) is 30.4 Å². The maximum atomic E-state index is 13.9. The average molecular weight is 544 g/mol. The second kappa shape index (κ2) is 11.0. The number of carbonyl (C=O) groups excluding carboxylic acids is 1. The Balaban J connectivity index is 1.35. The number of aromatic nitrogens is 5. The summed E-state index contributed by atoms with van der Waals surface area (Å²) < 4.78 is 43.2. The molecular formula is C29H24F3N7O. The highest BCUT2D eigenvalue weighted by Gasteiger charge is 2.34. The minimum absolute atomic E-state index is 0.0192. The van der Waals surface area contributed by atoms with E-state index < -0.39 is 17.6 Å². The third-order valence-corrected chi connectivity index (χ3v) is 6.15. The van der Waals surface area contributed by atoms with Gasteiger partial charge in [0.05, 0.1) is 23.3 Å². The number of aryl methyl sites for hydroxylation is 2. The Morgan fingerprint density at radius 2 is 1.85 bits per heavy atom. The van der Waals surface area contributed by atoms with Crippen molar-refractivity contribution < 1.29 is 18.0 Å². The number of nitrogens with zero attached hydrogens (tertiary/aromatic N) is 5. The Hall–Kier alpha value is -5.06. The molecule has 2 aromatic carbocycles. The molecule has 0 saturated carbocycles. The summed E-state index contributed by atoms with van der Waals surface area (Å²) in [6.45, 7) is 3.61. The van der Waals surface area contributed by atoms with Crippen LogP contribution in [0.15, 0.2) is 85.7 Å². The van der Waals surface area contributed by atoms with Crippen molar-refractivity contribution in [3.05, 3.63) is 114 Å². The van der Waals surface area contributed by atoms with Crippen LogP contribution in [0.1, 0.15) is 32.7 Å². The average Bonchev–Trinajstić information content (AvgIpc) is 3.35. The van der Waals surface area contributed by atoms with Crippen molar-refractivity contribution in [3.63, 3.8) is 0 Å². The first-order valence-corrected chi connectivity index (χ1v) is 12.3. The van der Waals surface area contributed by atoms with Gasteiger partial charge in [-0.1, -0.05) is 12.1 Å². The lowest BCUT2D eigenvalue weighted by atomic mass is 10.0. The number of pyridine rings is 1. The number of rotatable bonds is 7. The standard InChI is InChI=1S/C29H24F3N7O/c1-18-5-8-23(13-26(18)38-28-34-11-9-25(37-28)21-4-3-10-33-14-21)36-27(40)20-6-7-22(24(12-20)29(30,31)32)16-39-15-19(2)35-17-39/h3-15,17H,16H2,1-2H3,(H,36,40)(H,34,37,38). The molecule has 0 aliphatic heterocycles. The molecule has 0 aliphatic carbocycles. The van der Waals surface area contributed by atoms with Gasteiger partial charge in [0.2, 0.25) is 5.95 Å². The lowest BCUT2D eigenvalue weighted by molar-refractivity contribution is -0.138. The summed E-state index contributed by atoms with van der Waals surface area (Å²) in [5, 5.41) is 5.84. The lowest BCUT2D eigenvalue weighted by Gasteiger charge is -2.16. The molecular weight excluding hydrogens is 519 g/mol. The van der Waals surface area contributed by atoms with E-state index in [0.29, 0.717) is 28.7 Å². The predicted octanol–water partition coefficient (Wildman–Crippen LogP) is 6.41. The number of carbonyl (C=O) groups is 1. The van der Waals surface area contributed by atoms with Crippen LogP contribution in [0.25, 0.3) is 11.3 Å². The molecule has 0 radical (unpaired) electrons. The Morgan fingerprint density at radius 3 is 2.58 bits per heavy atom. The van der Waals surface area contributed by atoms with E-state index in [4.69, 9.17) is 0 Å². The zero-order valence-corrected chi connectivity index (χ0v) is 21.6. The fraction of sp³-hybridized carbons (Fsp3) is 0.138. The first-order chi connectivity index (χ1) is 19.2. The fourth-order valence-corrected chi connectivity index (χ4v) is 4.13. The van der Waals surface area contributed by atoms with Gasteiger partial charge in [-0.3, -0.25) is 9.78 Å². The van der Waals surface area contributed by atoms with Gasteiger partial charge in [0.1, 0.15) is 0 Å². The highest BCUT2D eigenvalue weighted by atomic mass is 19.4. The second-order valence-corrected chi connectivity index (χ2v) is 9.17. The number of benzene rings is 2. The number of anilines is 3. The maximum Gasteiger partial charge on any atom is 0.416 e. The number of hydrogen-bond acceptors (Lipinski definition) is 6. The Kier molecular flexibility index (Phi) is 7.28. The van der Waals surface area contributed by atoms with Gasteiger partial charge in [0, 0.05) is 53.8 Å². The maximum absolute atomic E-state index is 13.9. The van der Waals surface area contributed by atoms with Crippen LogP contribution in [0.3, 0.4) is 0 Å². The summed E-state index contributed by atoms with van der Waals surface area (Å²) in [5.41, 5.74) is 3.14. The van der Waals surface area contributed by atoms with Crippen LogP contribution in [0, 0.1) is 13.8 Å². The van der Waals surface area contributed by atoms with Crippen molar-refractivity contribution >= 4 is 23.2 Å². The van der Waals surface area contributed by atoms with Gasteiger partial charge in [-0.05, 0) is 67.4 Å². The van der Waals surface area contributed by atoms with Gasteiger partial charge in [0.15, 0.2) is 0 Å². The van der Waals surface area contributed by atoms with Crippen LogP contribution < -0.4 is 10.6 Å². The van der Waals surface area contributed by atoms with Crippen molar-refractivity contribution in [2.24, 2.45) is 0 Å². The zero-order chi connectivity index (χ0) is 28.3. The summed E-state index contributed by atoms with van der Waals surface area (Å²) in [5.74, 6) is -0.327. The number of imidazole rings is 1. The van der Waals surface area contributed by atoms with Gasteiger partial charge in [0.25, 0.3) is 5.91 Å². The van der Waals surface area contributed by atoms with Gasteiger partial charge >= 0.3 is 6.18 Å². The molecule has 11 heteroatoms. The SMILES string of the molecule is Cc1cn(Cc2ccc(C(=O)Nc3ccc(C)c(Nc4nccc(-c5cccnc5)n4)c3)cc2C(F)(F)F)cn1. The molecule has 0 fully saturated rings. The molecule has 2 N–H and O–H groups in total. The molecule has 0 unspecified atom stereocenters. The summed E-state index contributed by atoms with van der Waals surface area (Å²) in [6.07, 6.45) is 3.49. The number of alkyl halides is 3. The number of hydrogen-bond donors (Lipinski definition) is 2. The van der Waals surface area contributed by atoms with E-state index in [9.17, 15) is 18.0 Å². The van der Waals surface area contributed by atoms with E-state index in [2.05, 4.69) is 30.6 Å². The Labute approximate surface area is 228 Å². The zero-order valence-electron chi connectivity index (χ0n) is 21.6. The van der Waals surface area contributed by atoms with Crippen molar-refractivity contribution in [2.45, 2.75) is 26.6 Å². The quantitative estimate of drug-likeness (QED) is 0.246. The van der Waals surface area contributed by atoms with E-state index in [1.807, 2.05) is 19.1 Å². The number of nitrogens with one attached hydrogen (secondary N) is 2. The molecule has 0 bridgehead atoms. The van der Waals surface area contributed by atoms with Crippen LogP contribution >= 0.6 is 0 Å². The molecule has 0 spiro atoms. The fourth-order valence-electron chi connectivity index (χ4n) is 4.13. The molecule has 1 amide bonds. The molecule has 5 rings (SSSR count). The molecule has 40 heavy (non-hydrogen) atoms. The summed E-state index contributed by atoms with van der Waals surface area (Å²) in [7, 11) is 0. The molecule has 8 nitrogen and oxygen atoms in total. The third kappa shape index (κ3) is 6.15. The van der Waals surface area contributed by atoms with Gasteiger partial charge in [-0.25, -0.2) is 15.0 Å². The van der Waals surface area contributed by atoms with Crippen LogP contribution in [0.2, 0.25) is 0 Å². The lowest BCUT2D eigenvalue weighted by Crippen LogP contribution is -2.16. The Bertz CT molecular complexity index is 1670. The molecule has 0 atom stereocenters. The van der Waals surface area contributed by atoms with Gasteiger partial charge < -0.3 is 15.2 Å². The smallest absolute Gasteiger partial charge is 0.333 e. The van der Waals surface area contributed by atoms with Gasteiger partial charge in [-0.15, -0.1) is 0 Å². The minimum Gasteiger partial charge on any atom is -0.333 e. The monoisotopic (exact) mass is 543 g/mol. The molecule has 5 aromatic rings. The highest BCUT2D eigenvalue weighted by Crippen LogP contribution is 2.33. The second-order valence-electron chi connectivity index (χ2n) is 9.17. The highest BCUT2D eigenvalue weighted by molar-refractivity contribution is 6.04. The van der Waals surface area contributed by atoms with Crippen molar-refractivity contribution in [2.75, 3.05) is 10.6 Å². The molecule has 0 saturated heterocycles. The van der Waals surface area contributed by atoms with E-state index in [1.54, 1.807) is 60.5 Å². The van der Waals surface area contributed by atoms with E-state index in [-0.39, 0.29) is 17.7 Å². The minimum atomic E-state index is -4.63. The van der Waals surface area contributed by atoms with Crippen LogP contribution in [-0.2, 0) is 12.7 Å². The first-order valence-electron chi connectivity index (χ1n) is 12.3. The molecule has 202 valence electrons. The van der Waals surface area contributed by atoms with Crippen LogP contribution in [0.4, 0.5) is 30.5 Å². The molecule has 3 aromatic heterocycles. The molecule has 3 heterocycles. The number of amides is 1. The summed E-state index contributed by atoms with van der Waals surface area (Å²) >= 11 is 0. The van der Waals surface area contributed by atoms with E-state index in [0.717, 1.165) is 17.2 Å². The van der Waals surface area contributed by atoms with Crippen molar-refractivity contribution in [1.82, 2.24) is 24.5 Å². The van der Waals surface area contributed by atoms with E-state index >= 15 is 0 Å². The molecule has 0 aliphatic rings. The summed E-state index contributed by atoms with van der Waals surface area (Å²) in [6, 6.07) is 14.2. The summed E-state index contributed by atoms with van der Waals surface area (Å²) in [4.78, 5) is 29.9. The third-order valence-electron chi connectivity index (χ3n) is 6.15. The first kappa shape index (κ1) is 26.5. The van der Waals surface area contributed by atoms with Crippen molar-refractivity contribution in [1.29, 1.82) is 0 Å².